The van der Waals surface area contributed by atoms with Crippen molar-refractivity contribution >= 4 is 9.84 Å². The fraction of sp³-hybridized carbons (Fsp3) is 0.600. The molecule has 4 atom stereocenters. The highest BCUT2D eigenvalue weighted by Gasteiger charge is 2.58. The molecule has 22 heavy (non-hydrogen) atoms. The normalized spacial score (nSPS) is 37.2. The fourth-order valence-corrected chi connectivity index (χ4v) is 5.03. The van der Waals surface area contributed by atoms with Crippen LogP contribution in [0.25, 0.3) is 0 Å². The number of hydroxylamine groups is 2. The van der Waals surface area contributed by atoms with Crippen molar-refractivity contribution in [1.82, 2.24) is 5.06 Å². The number of rotatable bonds is 2. The van der Waals surface area contributed by atoms with E-state index in [9.17, 15) is 8.42 Å². The van der Waals surface area contributed by atoms with Crippen LogP contribution in [0.1, 0.15) is 20.3 Å². The van der Waals surface area contributed by atoms with E-state index in [0.29, 0.717) is 17.9 Å². The van der Waals surface area contributed by atoms with Crippen LogP contribution < -0.4 is 0 Å². The molecule has 0 unspecified atom stereocenters. The number of fused-ring (bicyclic) bond motifs is 3. The van der Waals surface area contributed by atoms with Gasteiger partial charge in [-0.15, -0.1) is 0 Å². The summed E-state index contributed by atoms with van der Waals surface area (Å²) in [5, 5.41) is 1.72. The van der Waals surface area contributed by atoms with Gasteiger partial charge in [-0.3, -0.25) is 4.84 Å². The van der Waals surface area contributed by atoms with Crippen molar-refractivity contribution in [2.24, 2.45) is 0 Å². The lowest BCUT2D eigenvalue weighted by Gasteiger charge is -2.22. The lowest BCUT2D eigenvalue weighted by molar-refractivity contribution is -0.196. The molecular weight excluding hydrogens is 306 g/mol. The zero-order chi connectivity index (χ0) is 15.5. The minimum absolute atomic E-state index is 0.0552. The van der Waals surface area contributed by atoms with Crippen molar-refractivity contribution < 1.29 is 22.7 Å². The van der Waals surface area contributed by atoms with Crippen LogP contribution in [0.2, 0.25) is 0 Å². The topological polar surface area (TPSA) is 65.1 Å². The lowest BCUT2D eigenvalue weighted by Crippen LogP contribution is -2.33. The van der Waals surface area contributed by atoms with Crippen molar-refractivity contribution in [3.63, 3.8) is 0 Å². The predicted octanol–water partition coefficient (Wildman–Crippen LogP) is 1.33. The Morgan fingerprint density at radius 3 is 2.64 bits per heavy atom. The van der Waals surface area contributed by atoms with Gasteiger partial charge in [0, 0.05) is 6.42 Å². The number of sulfone groups is 1. The largest absolute Gasteiger partial charge is 0.343 e. The summed E-state index contributed by atoms with van der Waals surface area (Å²) in [5.74, 6) is -0.613. The van der Waals surface area contributed by atoms with Crippen molar-refractivity contribution in [2.45, 2.75) is 54.6 Å². The van der Waals surface area contributed by atoms with Crippen molar-refractivity contribution in [2.75, 3.05) is 6.54 Å². The average molecular weight is 325 g/mol. The SMILES string of the molecule is CC1(C)O[C@@H]2[C@@H](CN3O[C@H](S(=O)(=O)c4ccccc4)C[C@@H]23)O1. The monoisotopic (exact) mass is 325 g/mol. The zero-order valence-electron chi connectivity index (χ0n) is 12.5. The van der Waals surface area contributed by atoms with Gasteiger partial charge in [0.15, 0.2) is 11.2 Å². The summed E-state index contributed by atoms with van der Waals surface area (Å²) in [6.07, 6.45) is 0.212. The maximum atomic E-state index is 12.7. The molecule has 0 saturated carbocycles. The molecule has 0 aliphatic carbocycles. The second-order valence-corrected chi connectivity index (χ2v) is 8.52. The first-order valence-electron chi connectivity index (χ1n) is 7.45. The number of nitrogens with zero attached hydrogens (tertiary/aromatic N) is 1. The maximum Gasteiger partial charge on any atom is 0.207 e. The maximum absolute atomic E-state index is 12.7. The highest BCUT2D eigenvalue weighted by molar-refractivity contribution is 7.92. The van der Waals surface area contributed by atoms with Gasteiger partial charge in [-0.25, -0.2) is 8.42 Å². The van der Waals surface area contributed by atoms with Crippen LogP contribution in [0, 0.1) is 0 Å². The van der Waals surface area contributed by atoms with Gasteiger partial charge in [0.05, 0.1) is 17.5 Å². The summed E-state index contributed by atoms with van der Waals surface area (Å²) >= 11 is 0. The van der Waals surface area contributed by atoms with Gasteiger partial charge in [0.2, 0.25) is 9.84 Å². The first kappa shape index (κ1) is 14.6. The Labute approximate surface area is 129 Å². The molecule has 3 fully saturated rings. The molecule has 3 saturated heterocycles. The highest BCUT2D eigenvalue weighted by atomic mass is 32.2. The summed E-state index contributed by atoms with van der Waals surface area (Å²) in [6, 6.07) is 8.36. The van der Waals surface area contributed by atoms with E-state index in [1.807, 2.05) is 13.8 Å². The molecule has 120 valence electrons. The van der Waals surface area contributed by atoms with E-state index in [0.717, 1.165) is 0 Å². The Hall–Kier alpha value is -0.990. The van der Waals surface area contributed by atoms with Gasteiger partial charge in [0.1, 0.15) is 12.2 Å². The number of hydrogen-bond acceptors (Lipinski definition) is 6. The molecule has 0 radical (unpaired) electrons. The molecule has 0 N–H and O–H groups in total. The molecule has 0 spiro atoms. The van der Waals surface area contributed by atoms with Crippen LogP contribution in [0.5, 0.6) is 0 Å². The molecule has 6 nitrogen and oxygen atoms in total. The Morgan fingerprint density at radius 2 is 1.91 bits per heavy atom. The van der Waals surface area contributed by atoms with Crippen LogP contribution in [0.4, 0.5) is 0 Å². The van der Waals surface area contributed by atoms with E-state index >= 15 is 0 Å². The van der Waals surface area contributed by atoms with Crippen LogP contribution in [-0.4, -0.2) is 49.5 Å². The van der Waals surface area contributed by atoms with E-state index in [2.05, 4.69) is 0 Å². The van der Waals surface area contributed by atoms with E-state index in [-0.39, 0.29) is 18.2 Å². The molecule has 0 aromatic heterocycles. The Kier molecular flexibility index (Phi) is 3.15. The van der Waals surface area contributed by atoms with Gasteiger partial charge in [-0.05, 0) is 26.0 Å². The third kappa shape index (κ3) is 2.19. The Morgan fingerprint density at radius 1 is 1.18 bits per heavy atom. The van der Waals surface area contributed by atoms with Crippen LogP contribution >= 0.6 is 0 Å². The number of hydrogen-bond donors (Lipinski definition) is 0. The molecule has 0 bridgehead atoms. The molecule has 4 rings (SSSR count). The van der Waals surface area contributed by atoms with Gasteiger partial charge >= 0.3 is 0 Å². The standard InChI is InChI=1S/C15H19NO5S/c1-15(2)19-12-9-16-11(14(12)20-15)8-13(21-16)22(17,18)10-6-4-3-5-7-10/h3-7,11-14H,8-9H2,1-2H3/t11-,12+,13+,14-/m0/s1. The molecule has 1 aromatic carbocycles. The van der Waals surface area contributed by atoms with E-state index in [4.69, 9.17) is 14.3 Å². The van der Waals surface area contributed by atoms with Gasteiger partial charge < -0.3 is 9.47 Å². The van der Waals surface area contributed by atoms with Crippen LogP contribution in [-0.2, 0) is 24.1 Å². The summed E-state index contributed by atoms with van der Waals surface area (Å²) in [5.41, 5.74) is -0.854. The zero-order valence-corrected chi connectivity index (χ0v) is 13.3. The third-order valence-corrected chi connectivity index (χ3v) is 6.34. The van der Waals surface area contributed by atoms with Crippen LogP contribution in [0.3, 0.4) is 0 Å². The second-order valence-electron chi connectivity index (χ2n) is 6.43. The van der Waals surface area contributed by atoms with Gasteiger partial charge in [-0.1, -0.05) is 18.2 Å². The first-order chi connectivity index (χ1) is 10.4. The minimum Gasteiger partial charge on any atom is -0.343 e. The van der Waals surface area contributed by atoms with Gasteiger partial charge in [-0.2, -0.15) is 5.06 Å². The molecule has 3 aliphatic heterocycles. The molecule has 0 amide bonds. The lowest BCUT2D eigenvalue weighted by atomic mass is 10.1. The second kappa shape index (κ2) is 4.75. The highest BCUT2D eigenvalue weighted by Crippen LogP contribution is 2.43. The third-order valence-electron chi connectivity index (χ3n) is 4.44. The molecule has 1 aromatic rings. The Balaban J connectivity index is 1.55. The first-order valence-corrected chi connectivity index (χ1v) is 8.99. The van der Waals surface area contributed by atoms with E-state index in [1.54, 1.807) is 35.4 Å². The summed E-state index contributed by atoms with van der Waals surface area (Å²) in [7, 11) is -3.50. The summed E-state index contributed by atoms with van der Waals surface area (Å²) < 4.78 is 37.1. The predicted molar refractivity (Wildman–Crippen MR) is 77.4 cm³/mol. The number of ether oxygens (including phenoxy) is 2. The average Bonchev–Trinajstić information content (AvgIpc) is 3.08. The summed E-state index contributed by atoms with van der Waals surface area (Å²) in [4.78, 5) is 5.99. The van der Waals surface area contributed by atoms with E-state index in [1.165, 1.54) is 0 Å². The van der Waals surface area contributed by atoms with Gasteiger partial charge in [0.25, 0.3) is 0 Å². The summed E-state index contributed by atoms with van der Waals surface area (Å²) in [6.45, 7) is 4.30. The Bertz CT molecular complexity index is 674. The van der Waals surface area contributed by atoms with Crippen LogP contribution in [0.15, 0.2) is 35.2 Å². The van der Waals surface area contributed by atoms with Crippen molar-refractivity contribution in [3.05, 3.63) is 30.3 Å². The molecule has 3 heterocycles. The molecular formula is C15H19NO5S. The van der Waals surface area contributed by atoms with Crippen molar-refractivity contribution in [3.8, 4) is 0 Å². The van der Waals surface area contributed by atoms with Crippen molar-refractivity contribution in [1.29, 1.82) is 0 Å². The fourth-order valence-electron chi connectivity index (χ4n) is 3.52. The minimum atomic E-state index is -3.50. The number of benzene rings is 1. The van der Waals surface area contributed by atoms with E-state index < -0.39 is 21.1 Å². The molecule has 3 aliphatic rings. The quantitative estimate of drug-likeness (QED) is 0.817. The smallest absolute Gasteiger partial charge is 0.207 e. The molecule has 7 heteroatoms.